The number of hydrogen-bond donors (Lipinski definition) is 1. The van der Waals surface area contributed by atoms with Gasteiger partial charge in [-0.15, -0.1) is 0 Å². The average molecular weight is 277 g/mol. The monoisotopic (exact) mass is 277 g/mol. The van der Waals surface area contributed by atoms with E-state index in [4.69, 9.17) is 9.47 Å². The average Bonchev–Trinajstić information content (AvgIpc) is 2.98. The number of methoxy groups -OCH3 is 1. The molecule has 0 heterocycles. The largest absolute Gasteiger partial charge is 0.497 e. The maximum absolute atomic E-state index is 12.2. The first-order valence-electron chi connectivity index (χ1n) is 7.34. The molecule has 0 aliphatic heterocycles. The van der Waals surface area contributed by atoms with E-state index in [1.165, 1.54) is 12.8 Å². The molecule has 2 rings (SSSR count). The summed E-state index contributed by atoms with van der Waals surface area (Å²) < 4.78 is 10.9. The van der Waals surface area contributed by atoms with Crippen LogP contribution in [0.1, 0.15) is 39.0 Å². The highest BCUT2D eigenvalue weighted by atomic mass is 16.5. The summed E-state index contributed by atoms with van der Waals surface area (Å²) in [5.74, 6) is 1.47. The summed E-state index contributed by atoms with van der Waals surface area (Å²) in [6.07, 6.45) is 4.83. The molecule has 0 saturated heterocycles. The quantitative estimate of drug-likeness (QED) is 0.869. The van der Waals surface area contributed by atoms with Crippen LogP contribution in [0, 0.1) is 0 Å². The maximum atomic E-state index is 12.2. The number of carbonyl (C=O) groups is 1. The number of ether oxygens (including phenoxy) is 2. The van der Waals surface area contributed by atoms with Crippen LogP contribution >= 0.6 is 0 Å². The molecule has 1 aromatic rings. The van der Waals surface area contributed by atoms with Crippen molar-refractivity contribution in [2.75, 3.05) is 7.11 Å². The summed E-state index contributed by atoms with van der Waals surface area (Å²) >= 11 is 0. The molecule has 1 amide bonds. The van der Waals surface area contributed by atoms with Crippen molar-refractivity contribution >= 4 is 5.91 Å². The van der Waals surface area contributed by atoms with E-state index in [9.17, 15) is 4.79 Å². The molecule has 1 aromatic carbocycles. The Morgan fingerprint density at radius 3 is 2.40 bits per heavy atom. The standard InChI is InChI=1S/C16H23NO3/c1-3-15(16(18)17-12-6-4-5-7-12)20-14-10-8-13(19-2)9-11-14/h8-12,15H,3-7H2,1-2H3,(H,17,18)/t15-/m0/s1. The second-order valence-corrected chi connectivity index (χ2v) is 5.18. The Labute approximate surface area is 120 Å². The minimum atomic E-state index is -0.427. The first kappa shape index (κ1) is 14.7. The van der Waals surface area contributed by atoms with E-state index >= 15 is 0 Å². The van der Waals surface area contributed by atoms with E-state index in [0.29, 0.717) is 18.2 Å². The first-order valence-corrected chi connectivity index (χ1v) is 7.34. The Kier molecular flexibility index (Phi) is 5.27. The lowest BCUT2D eigenvalue weighted by atomic mass is 10.2. The second kappa shape index (κ2) is 7.17. The van der Waals surface area contributed by atoms with E-state index in [0.717, 1.165) is 18.6 Å². The Hall–Kier alpha value is -1.71. The van der Waals surface area contributed by atoms with Gasteiger partial charge in [-0.05, 0) is 43.5 Å². The Morgan fingerprint density at radius 1 is 1.25 bits per heavy atom. The molecule has 20 heavy (non-hydrogen) atoms. The Bertz CT molecular complexity index is 424. The number of amides is 1. The molecule has 0 unspecified atom stereocenters. The lowest BCUT2D eigenvalue weighted by Crippen LogP contribution is -2.42. The van der Waals surface area contributed by atoms with Crippen molar-refractivity contribution in [2.24, 2.45) is 0 Å². The van der Waals surface area contributed by atoms with Gasteiger partial charge in [-0.25, -0.2) is 0 Å². The van der Waals surface area contributed by atoms with Crippen LogP contribution in [0.3, 0.4) is 0 Å². The van der Waals surface area contributed by atoms with Gasteiger partial charge in [0.25, 0.3) is 5.91 Å². The third-order valence-corrected chi connectivity index (χ3v) is 3.70. The van der Waals surface area contributed by atoms with Crippen LogP contribution in [0.25, 0.3) is 0 Å². The van der Waals surface area contributed by atoms with E-state index in [1.807, 2.05) is 31.2 Å². The maximum Gasteiger partial charge on any atom is 0.261 e. The Morgan fingerprint density at radius 2 is 1.85 bits per heavy atom. The van der Waals surface area contributed by atoms with Crippen molar-refractivity contribution in [3.63, 3.8) is 0 Å². The summed E-state index contributed by atoms with van der Waals surface area (Å²) in [4.78, 5) is 12.2. The molecule has 1 aliphatic rings. The highest BCUT2D eigenvalue weighted by Gasteiger charge is 2.23. The molecule has 1 atom stereocenters. The summed E-state index contributed by atoms with van der Waals surface area (Å²) in [5.41, 5.74) is 0. The van der Waals surface area contributed by atoms with Crippen molar-refractivity contribution in [1.29, 1.82) is 0 Å². The molecule has 0 spiro atoms. The van der Waals surface area contributed by atoms with Crippen LogP contribution in [0.2, 0.25) is 0 Å². The van der Waals surface area contributed by atoms with E-state index < -0.39 is 6.10 Å². The molecule has 0 radical (unpaired) electrons. The topological polar surface area (TPSA) is 47.6 Å². The van der Waals surface area contributed by atoms with Gasteiger partial charge in [0.1, 0.15) is 11.5 Å². The normalized spacial score (nSPS) is 16.7. The zero-order chi connectivity index (χ0) is 14.4. The molecule has 1 N–H and O–H groups in total. The summed E-state index contributed by atoms with van der Waals surface area (Å²) in [7, 11) is 1.62. The number of nitrogens with one attached hydrogen (secondary N) is 1. The van der Waals surface area contributed by atoms with Gasteiger partial charge >= 0.3 is 0 Å². The molecule has 0 aromatic heterocycles. The van der Waals surface area contributed by atoms with Crippen LogP contribution in [-0.2, 0) is 4.79 Å². The minimum absolute atomic E-state index is 0.00443. The smallest absolute Gasteiger partial charge is 0.261 e. The highest BCUT2D eigenvalue weighted by Crippen LogP contribution is 2.20. The lowest BCUT2D eigenvalue weighted by molar-refractivity contribution is -0.128. The second-order valence-electron chi connectivity index (χ2n) is 5.18. The van der Waals surface area contributed by atoms with E-state index in [-0.39, 0.29) is 5.91 Å². The third-order valence-electron chi connectivity index (χ3n) is 3.70. The van der Waals surface area contributed by atoms with Crippen LogP contribution in [-0.4, -0.2) is 25.2 Å². The molecule has 4 nitrogen and oxygen atoms in total. The van der Waals surface area contributed by atoms with Crippen molar-refractivity contribution in [3.05, 3.63) is 24.3 Å². The van der Waals surface area contributed by atoms with Gasteiger partial charge in [0.05, 0.1) is 7.11 Å². The van der Waals surface area contributed by atoms with Crippen LogP contribution in [0.15, 0.2) is 24.3 Å². The zero-order valence-corrected chi connectivity index (χ0v) is 12.2. The number of carbonyl (C=O) groups excluding carboxylic acids is 1. The first-order chi connectivity index (χ1) is 9.72. The van der Waals surface area contributed by atoms with Gasteiger partial charge in [0.15, 0.2) is 6.10 Å². The van der Waals surface area contributed by atoms with Gasteiger partial charge in [-0.1, -0.05) is 19.8 Å². The number of benzene rings is 1. The molecule has 0 bridgehead atoms. The molecular formula is C16H23NO3. The van der Waals surface area contributed by atoms with E-state index in [1.54, 1.807) is 7.11 Å². The molecular weight excluding hydrogens is 254 g/mol. The molecule has 1 fully saturated rings. The molecule has 110 valence electrons. The third kappa shape index (κ3) is 3.89. The van der Waals surface area contributed by atoms with Crippen molar-refractivity contribution < 1.29 is 14.3 Å². The van der Waals surface area contributed by atoms with Crippen LogP contribution < -0.4 is 14.8 Å². The van der Waals surface area contributed by atoms with Gasteiger partial charge in [-0.3, -0.25) is 4.79 Å². The van der Waals surface area contributed by atoms with Gasteiger partial charge in [-0.2, -0.15) is 0 Å². The predicted molar refractivity (Wildman–Crippen MR) is 78.1 cm³/mol. The van der Waals surface area contributed by atoms with Gasteiger partial charge < -0.3 is 14.8 Å². The SMILES string of the molecule is CC[C@H](Oc1ccc(OC)cc1)C(=O)NC1CCCC1. The molecule has 1 aliphatic carbocycles. The summed E-state index contributed by atoms with van der Waals surface area (Å²) in [5, 5.41) is 3.08. The lowest BCUT2D eigenvalue weighted by Gasteiger charge is -2.20. The molecule has 4 heteroatoms. The number of rotatable bonds is 6. The highest BCUT2D eigenvalue weighted by molar-refractivity contribution is 5.81. The summed E-state index contributed by atoms with van der Waals surface area (Å²) in [6.45, 7) is 1.96. The zero-order valence-electron chi connectivity index (χ0n) is 12.2. The van der Waals surface area contributed by atoms with Gasteiger partial charge in [0, 0.05) is 6.04 Å². The summed E-state index contributed by atoms with van der Waals surface area (Å²) in [6, 6.07) is 7.64. The minimum Gasteiger partial charge on any atom is -0.497 e. The van der Waals surface area contributed by atoms with E-state index in [2.05, 4.69) is 5.32 Å². The van der Waals surface area contributed by atoms with Crippen LogP contribution in [0.4, 0.5) is 0 Å². The van der Waals surface area contributed by atoms with Crippen molar-refractivity contribution in [1.82, 2.24) is 5.32 Å². The fraction of sp³-hybridized carbons (Fsp3) is 0.562. The van der Waals surface area contributed by atoms with Crippen molar-refractivity contribution in [3.8, 4) is 11.5 Å². The molecule has 1 saturated carbocycles. The Balaban J connectivity index is 1.91. The predicted octanol–water partition coefficient (Wildman–Crippen LogP) is 2.91. The van der Waals surface area contributed by atoms with Crippen LogP contribution in [0.5, 0.6) is 11.5 Å². The number of hydrogen-bond acceptors (Lipinski definition) is 3. The fourth-order valence-corrected chi connectivity index (χ4v) is 2.51. The van der Waals surface area contributed by atoms with Gasteiger partial charge in [0.2, 0.25) is 0 Å². The fourth-order valence-electron chi connectivity index (χ4n) is 2.51. The van der Waals surface area contributed by atoms with Crippen molar-refractivity contribution in [2.45, 2.75) is 51.2 Å².